The van der Waals surface area contributed by atoms with Gasteiger partial charge in [0, 0.05) is 17.1 Å². The number of para-hydroxylation sites is 1. The molecule has 110 valence electrons. The van der Waals surface area contributed by atoms with Crippen molar-refractivity contribution in [2.24, 2.45) is 0 Å². The van der Waals surface area contributed by atoms with E-state index in [-0.39, 0.29) is 11.2 Å². The number of carbonyl (C=O) groups excluding carboxylic acids is 1. The average molecular weight is 300 g/mol. The molecule has 0 fully saturated rings. The molecule has 1 atom stereocenters. The molecule has 1 amide bonds. The third kappa shape index (κ3) is 4.92. The van der Waals surface area contributed by atoms with Gasteiger partial charge in [0.1, 0.15) is 0 Å². The average Bonchev–Trinajstić information content (AvgIpc) is 2.50. The lowest BCUT2D eigenvalue weighted by Gasteiger charge is -2.12. The molecule has 0 bridgehead atoms. The largest absolute Gasteiger partial charge is 0.325 e. The zero-order valence-electron chi connectivity index (χ0n) is 12.3. The van der Waals surface area contributed by atoms with Crippen LogP contribution in [0.4, 0.5) is 5.69 Å². The van der Waals surface area contributed by atoms with Gasteiger partial charge in [-0.1, -0.05) is 30.3 Å². The first-order valence-corrected chi connectivity index (χ1v) is 7.83. The Morgan fingerprint density at radius 3 is 2.38 bits per heavy atom. The molecule has 0 aliphatic rings. The molecule has 2 aromatic rings. The third-order valence-corrected chi connectivity index (χ3v) is 4.14. The lowest BCUT2D eigenvalue weighted by molar-refractivity contribution is -0.115. The lowest BCUT2D eigenvalue weighted by atomic mass is 10.2. The van der Waals surface area contributed by atoms with Gasteiger partial charge in [-0.15, -0.1) is 11.8 Å². The number of benzene rings is 2. The summed E-state index contributed by atoms with van der Waals surface area (Å²) in [6.45, 7) is 2.78. The molecule has 1 unspecified atom stereocenters. The molecule has 0 aliphatic heterocycles. The first-order valence-electron chi connectivity index (χ1n) is 6.95. The van der Waals surface area contributed by atoms with Gasteiger partial charge in [0.15, 0.2) is 0 Å². The molecule has 2 N–H and O–H groups in total. The van der Waals surface area contributed by atoms with Crippen LogP contribution in [-0.4, -0.2) is 18.2 Å². The molecular weight excluding hydrogens is 280 g/mol. The van der Waals surface area contributed by atoms with E-state index in [9.17, 15) is 4.79 Å². The summed E-state index contributed by atoms with van der Waals surface area (Å²) in [5, 5.41) is 5.90. The fourth-order valence-corrected chi connectivity index (χ4v) is 2.78. The van der Waals surface area contributed by atoms with E-state index in [1.807, 2.05) is 44.3 Å². The number of hydrogen-bond acceptors (Lipinski definition) is 3. The minimum absolute atomic E-state index is 0.0190. The zero-order chi connectivity index (χ0) is 15.1. The Balaban J connectivity index is 1.91. The van der Waals surface area contributed by atoms with Crippen molar-refractivity contribution in [1.82, 2.24) is 5.32 Å². The number of hydrogen-bond donors (Lipinski definition) is 2. The Bertz CT molecular complexity index is 569. The molecule has 4 heteroatoms. The number of amides is 1. The zero-order valence-corrected chi connectivity index (χ0v) is 13.1. The van der Waals surface area contributed by atoms with Gasteiger partial charge in [-0.25, -0.2) is 0 Å². The van der Waals surface area contributed by atoms with Crippen LogP contribution >= 0.6 is 11.8 Å². The molecule has 21 heavy (non-hydrogen) atoms. The van der Waals surface area contributed by atoms with Crippen LogP contribution in [0.3, 0.4) is 0 Å². The number of thioether (sulfide) groups is 1. The first kappa shape index (κ1) is 15.6. The van der Waals surface area contributed by atoms with Gasteiger partial charge in [0.25, 0.3) is 0 Å². The summed E-state index contributed by atoms with van der Waals surface area (Å²) >= 11 is 1.57. The van der Waals surface area contributed by atoms with Crippen molar-refractivity contribution in [1.29, 1.82) is 0 Å². The van der Waals surface area contributed by atoms with Gasteiger partial charge in [-0.05, 0) is 43.8 Å². The van der Waals surface area contributed by atoms with Crippen molar-refractivity contribution in [3.05, 3.63) is 60.2 Å². The predicted molar refractivity (Wildman–Crippen MR) is 89.6 cm³/mol. The van der Waals surface area contributed by atoms with Crippen LogP contribution in [0, 0.1) is 0 Å². The highest BCUT2D eigenvalue weighted by molar-refractivity contribution is 8.00. The van der Waals surface area contributed by atoms with E-state index in [0.29, 0.717) is 0 Å². The van der Waals surface area contributed by atoms with Crippen LogP contribution in [0.25, 0.3) is 0 Å². The summed E-state index contributed by atoms with van der Waals surface area (Å²) < 4.78 is 0. The van der Waals surface area contributed by atoms with Gasteiger partial charge < -0.3 is 10.6 Å². The molecule has 0 spiro atoms. The van der Waals surface area contributed by atoms with Crippen molar-refractivity contribution in [2.75, 3.05) is 12.4 Å². The number of carbonyl (C=O) groups is 1. The molecule has 2 aromatic carbocycles. The second-order valence-electron chi connectivity index (χ2n) is 4.79. The maximum atomic E-state index is 12.1. The second kappa shape index (κ2) is 7.86. The monoisotopic (exact) mass is 300 g/mol. The highest BCUT2D eigenvalue weighted by Crippen LogP contribution is 2.24. The van der Waals surface area contributed by atoms with Gasteiger partial charge in [0.05, 0.1) is 5.25 Å². The minimum atomic E-state index is -0.139. The van der Waals surface area contributed by atoms with Gasteiger partial charge >= 0.3 is 0 Å². The van der Waals surface area contributed by atoms with E-state index in [2.05, 4.69) is 34.9 Å². The number of anilines is 1. The maximum absolute atomic E-state index is 12.1. The van der Waals surface area contributed by atoms with E-state index in [1.165, 1.54) is 5.56 Å². The van der Waals surface area contributed by atoms with E-state index in [4.69, 9.17) is 0 Å². The predicted octanol–water partition coefficient (Wildman–Crippen LogP) is 3.53. The summed E-state index contributed by atoms with van der Waals surface area (Å²) in [5.74, 6) is 0.0190. The molecule has 0 saturated carbocycles. The van der Waals surface area contributed by atoms with E-state index in [1.54, 1.807) is 11.8 Å². The summed E-state index contributed by atoms with van der Waals surface area (Å²) in [5.41, 5.74) is 2.07. The highest BCUT2D eigenvalue weighted by atomic mass is 32.2. The minimum Gasteiger partial charge on any atom is -0.325 e. The van der Waals surface area contributed by atoms with Crippen LogP contribution in [-0.2, 0) is 11.3 Å². The van der Waals surface area contributed by atoms with Crippen molar-refractivity contribution < 1.29 is 4.79 Å². The Hall–Kier alpha value is -1.78. The van der Waals surface area contributed by atoms with Crippen LogP contribution < -0.4 is 10.6 Å². The standard InChI is InChI=1S/C17H20N2OS/c1-13(17(20)19-15-6-4-3-5-7-15)21-16-10-8-14(9-11-16)12-18-2/h3-11,13,18H,12H2,1-2H3,(H,19,20). The van der Waals surface area contributed by atoms with Crippen molar-refractivity contribution >= 4 is 23.4 Å². The van der Waals surface area contributed by atoms with Gasteiger partial charge in [-0.3, -0.25) is 4.79 Å². The normalized spacial score (nSPS) is 11.9. The summed E-state index contributed by atoms with van der Waals surface area (Å²) in [7, 11) is 1.93. The molecule has 0 aromatic heterocycles. The Kier molecular flexibility index (Phi) is 5.84. The SMILES string of the molecule is CNCc1ccc(SC(C)C(=O)Nc2ccccc2)cc1. The molecule has 3 nitrogen and oxygen atoms in total. The lowest BCUT2D eigenvalue weighted by Crippen LogP contribution is -2.22. The van der Waals surface area contributed by atoms with Gasteiger partial charge in [-0.2, -0.15) is 0 Å². The molecule has 0 radical (unpaired) electrons. The summed E-state index contributed by atoms with van der Waals surface area (Å²) in [6, 6.07) is 17.8. The summed E-state index contributed by atoms with van der Waals surface area (Å²) in [4.78, 5) is 13.2. The van der Waals surface area contributed by atoms with Crippen LogP contribution in [0.5, 0.6) is 0 Å². The molecular formula is C17H20N2OS. The second-order valence-corrected chi connectivity index (χ2v) is 6.20. The van der Waals surface area contributed by atoms with Crippen LogP contribution in [0.1, 0.15) is 12.5 Å². The first-order chi connectivity index (χ1) is 10.2. The van der Waals surface area contributed by atoms with Gasteiger partial charge in [0.2, 0.25) is 5.91 Å². The van der Waals surface area contributed by atoms with Crippen molar-refractivity contribution in [3.8, 4) is 0 Å². The topological polar surface area (TPSA) is 41.1 Å². The number of nitrogens with one attached hydrogen (secondary N) is 2. The number of rotatable bonds is 6. The maximum Gasteiger partial charge on any atom is 0.237 e. The molecule has 0 heterocycles. The fraction of sp³-hybridized carbons (Fsp3) is 0.235. The summed E-state index contributed by atoms with van der Waals surface area (Å²) in [6.07, 6.45) is 0. The quantitative estimate of drug-likeness (QED) is 0.802. The van der Waals surface area contributed by atoms with Crippen molar-refractivity contribution in [3.63, 3.8) is 0 Å². The fourth-order valence-electron chi connectivity index (χ4n) is 1.91. The Morgan fingerprint density at radius 2 is 1.76 bits per heavy atom. The molecule has 2 rings (SSSR count). The Morgan fingerprint density at radius 1 is 1.10 bits per heavy atom. The molecule has 0 aliphatic carbocycles. The Labute approximate surface area is 130 Å². The van der Waals surface area contributed by atoms with Crippen LogP contribution in [0.2, 0.25) is 0 Å². The third-order valence-electron chi connectivity index (χ3n) is 3.03. The van der Waals surface area contributed by atoms with E-state index >= 15 is 0 Å². The van der Waals surface area contributed by atoms with E-state index in [0.717, 1.165) is 17.1 Å². The smallest absolute Gasteiger partial charge is 0.237 e. The van der Waals surface area contributed by atoms with E-state index < -0.39 is 0 Å². The highest BCUT2D eigenvalue weighted by Gasteiger charge is 2.14. The van der Waals surface area contributed by atoms with Crippen molar-refractivity contribution in [2.45, 2.75) is 23.6 Å². The molecule has 0 saturated heterocycles. The van der Waals surface area contributed by atoms with Crippen LogP contribution in [0.15, 0.2) is 59.5 Å².